The van der Waals surface area contributed by atoms with Crippen molar-refractivity contribution in [2.45, 2.75) is 12.8 Å². The Labute approximate surface area is 124 Å². The molecule has 5 nitrogen and oxygen atoms in total. The molecule has 0 atom stereocenters. The van der Waals surface area contributed by atoms with Crippen LogP contribution in [0.2, 0.25) is 5.02 Å². The van der Waals surface area contributed by atoms with Crippen LogP contribution in [0.15, 0.2) is 12.1 Å². The molecule has 0 aromatic heterocycles. The second kappa shape index (κ2) is 6.81. The molecule has 1 aliphatic heterocycles. The Hall–Kier alpha value is -1.46. The van der Waals surface area contributed by atoms with Crippen molar-refractivity contribution in [2.24, 2.45) is 0 Å². The highest BCUT2D eigenvalue weighted by Crippen LogP contribution is 2.28. The summed E-state index contributed by atoms with van der Waals surface area (Å²) in [5.74, 6) is 0.244. The van der Waals surface area contributed by atoms with Crippen molar-refractivity contribution < 1.29 is 9.53 Å². The predicted molar refractivity (Wildman–Crippen MR) is 80.4 cm³/mol. The lowest BCUT2D eigenvalue weighted by Crippen LogP contribution is -2.33. The van der Waals surface area contributed by atoms with Crippen LogP contribution < -0.4 is 15.8 Å². The topological polar surface area (TPSA) is 67.6 Å². The van der Waals surface area contributed by atoms with E-state index in [0.717, 1.165) is 19.6 Å². The molecule has 1 aromatic carbocycles. The van der Waals surface area contributed by atoms with Gasteiger partial charge in [-0.05, 0) is 32.0 Å². The van der Waals surface area contributed by atoms with Crippen molar-refractivity contribution in [1.82, 2.24) is 10.2 Å². The van der Waals surface area contributed by atoms with Crippen LogP contribution in [0.5, 0.6) is 5.75 Å². The van der Waals surface area contributed by atoms with Crippen molar-refractivity contribution in [1.29, 1.82) is 0 Å². The van der Waals surface area contributed by atoms with Crippen LogP contribution in [0.4, 0.5) is 5.69 Å². The molecular formula is C14H20ClN3O2. The molecule has 1 saturated heterocycles. The van der Waals surface area contributed by atoms with Crippen LogP contribution in [0.1, 0.15) is 23.2 Å². The molecule has 6 heteroatoms. The molecule has 3 N–H and O–H groups in total. The quantitative estimate of drug-likeness (QED) is 0.813. The van der Waals surface area contributed by atoms with Crippen LogP contribution in [-0.4, -0.2) is 44.1 Å². The third-order valence-corrected chi connectivity index (χ3v) is 3.80. The lowest BCUT2D eigenvalue weighted by molar-refractivity contribution is 0.0947. The van der Waals surface area contributed by atoms with Gasteiger partial charge in [0.15, 0.2) is 0 Å². The number of hydrogen-bond acceptors (Lipinski definition) is 4. The van der Waals surface area contributed by atoms with E-state index in [2.05, 4.69) is 10.2 Å². The first-order valence-corrected chi connectivity index (χ1v) is 7.13. The zero-order valence-corrected chi connectivity index (χ0v) is 12.4. The van der Waals surface area contributed by atoms with E-state index in [1.54, 1.807) is 12.1 Å². The van der Waals surface area contributed by atoms with Crippen molar-refractivity contribution in [3.8, 4) is 5.75 Å². The molecule has 1 aromatic rings. The first kappa shape index (κ1) is 14.9. The minimum Gasteiger partial charge on any atom is -0.496 e. The number of halogens is 1. The second-order valence-electron chi connectivity index (χ2n) is 4.88. The van der Waals surface area contributed by atoms with E-state index in [1.165, 1.54) is 20.0 Å². The summed E-state index contributed by atoms with van der Waals surface area (Å²) in [6.45, 7) is 3.72. The average molecular weight is 298 g/mol. The van der Waals surface area contributed by atoms with E-state index in [0.29, 0.717) is 28.6 Å². The number of nitrogen functional groups attached to an aromatic ring is 1. The number of rotatable bonds is 5. The Morgan fingerprint density at radius 2 is 2.15 bits per heavy atom. The summed E-state index contributed by atoms with van der Waals surface area (Å²) in [6, 6.07) is 3.11. The smallest absolute Gasteiger partial charge is 0.255 e. The van der Waals surface area contributed by atoms with E-state index >= 15 is 0 Å². The van der Waals surface area contributed by atoms with Crippen molar-refractivity contribution in [3.63, 3.8) is 0 Å². The predicted octanol–water partition coefficient (Wildman–Crippen LogP) is 1.76. The van der Waals surface area contributed by atoms with E-state index < -0.39 is 0 Å². The van der Waals surface area contributed by atoms with Gasteiger partial charge in [-0.1, -0.05) is 11.6 Å². The zero-order chi connectivity index (χ0) is 14.5. The van der Waals surface area contributed by atoms with Crippen LogP contribution in [0.3, 0.4) is 0 Å². The molecule has 0 saturated carbocycles. The number of amides is 1. The summed E-state index contributed by atoms with van der Waals surface area (Å²) in [5, 5.41) is 3.24. The van der Waals surface area contributed by atoms with E-state index in [9.17, 15) is 4.79 Å². The second-order valence-corrected chi connectivity index (χ2v) is 5.29. The molecule has 1 amide bonds. The van der Waals surface area contributed by atoms with Crippen molar-refractivity contribution in [3.05, 3.63) is 22.7 Å². The fourth-order valence-electron chi connectivity index (χ4n) is 2.34. The Bertz CT molecular complexity index is 488. The summed E-state index contributed by atoms with van der Waals surface area (Å²) in [4.78, 5) is 14.5. The number of nitrogens with two attached hydrogens (primary N) is 1. The SMILES string of the molecule is COc1cc(N)c(Cl)cc1C(=O)NCCN1CCCC1. The van der Waals surface area contributed by atoms with Gasteiger partial charge in [-0.25, -0.2) is 0 Å². The number of anilines is 1. The van der Waals surface area contributed by atoms with Crippen LogP contribution >= 0.6 is 11.6 Å². The summed E-state index contributed by atoms with van der Waals surface area (Å²) >= 11 is 5.96. The highest BCUT2D eigenvalue weighted by atomic mass is 35.5. The van der Waals surface area contributed by atoms with Gasteiger partial charge < -0.3 is 20.7 Å². The fourth-order valence-corrected chi connectivity index (χ4v) is 2.51. The molecular weight excluding hydrogens is 278 g/mol. The Morgan fingerprint density at radius 3 is 2.80 bits per heavy atom. The molecule has 2 rings (SSSR count). The third-order valence-electron chi connectivity index (χ3n) is 3.48. The number of nitrogens with zero attached hydrogens (tertiary/aromatic N) is 1. The number of methoxy groups -OCH3 is 1. The molecule has 1 heterocycles. The first-order chi connectivity index (χ1) is 9.61. The number of hydrogen-bond donors (Lipinski definition) is 2. The van der Waals surface area contributed by atoms with Gasteiger partial charge in [0, 0.05) is 19.2 Å². The maximum Gasteiger partial charge on any atom is 0.255 e. The largest absolute Gasteiger partial charge is 0.496 e. The van der Waals surface area contributed by atoms with E-state index in [1.807, 2.05) is 0 Å². The normalized spacial score (nSPS) is 15.3. The van der Waals surface area contributed by atoms with Gasteiger partial charge in [-0.2, -0.15) is 0 Å². The molecule has 1 aliphatic rings. The van der Waals surface area contributed by atoms with Gasteiger partial charge in [-0.3, -0.25) is 4.79 Å². The van der Waals surface area contributed by atoms with Crippen LogP contribution in [-0.2, 0) is 0 Å². The minimum atomic E-state index is -0.192. The summed E-state index contributed by atoms with van der Waals surface area (Å²) in [7, 11) is 1.50. The number of benzene rings is 1. The molecule has 20 heavy (non-hydrogen) atoms. The van der Waals surface area contributed by atoms with Crippen LogP contribution in [0, 0.1) is 0 Å². The van der Waals surface area contributed by atoms with Gasteiger partial charge in [0.2, 0.25) is 0 Å². The molecule has 0 aliphatic carbocycles. The zero-order valence-electron chi connectivity index (χ0n) is 11.6. The first-order valence-electron chi connectivity index (χ1n) is 6.75. The van der Waals surface area contributed by atoms with Gasteiger partial charge >= 0.3 is 0 Å². The molecule has 0 radical (unpaired) electrons. The number of carbonyl (C=O) groups is 1. The number of nitrogens with one attached hydrogen (secondary N) is 1. The van der Waals surface area contributed by atoms with Gasteiger partial charge in [0.1, 0.15) is 5.75 Å². The average Bonchev–Trinajstić information content (AvgIpc) is 2.94. The molecule has 0 bridgehead atoms. The molecule has 1 fully saturated rings. The Morgan fingerprint density at radius 1 is 1.45 bits per heavy atom. The van der Waals surface area contributed by atoms with Crippen molar-refractivity contribution in [2.75, 3.05) is 39.0 Å². The van der Waals surface area contributed by atoms with Gasteiger partial charge in [0.05, 0.1) is 23.4 Å². The van der Waals surface area contributed by atoms with Gasteiger partial charge in [-0.15, -0.1) is 0 Å². The minimum absolute atomic E-state index is 0.192. The highest BCUT2D eigenvalue weighted by Gasteiger charge is 2.16. The van der Waals surface area contributed by atoms with Gasteiger partial charge in [0.25, 0.3) is 5.91 Å². The Kier molecular flexibility index (Phi) is 5.09. The maximum absolute atomic E-state index is 12.2. The molecule has 110 valence electrons. The maximum atomic E-state index is 12.2. The monoisotopic (exact) mass is 297 g/mol. The number of likely N-dealkylation sites (tertiary alicyclic amines) is 1. The third kappa shape index (κ3) is 3.55. The Balaban J connectivity index is 1.95. The number of carbonyl (C=O) groups excluding carboxylic acids is 1. The summed E-state index contributed by atoms with van der Waals surface area (Å²) in [6.07, 6.45) is 2.49. The lowest BCUT2D eigenvalue weighted by atomic mass is 10.1. The van der Waals surface area contributed by atoms with E-state index in [4.69, 9.17) is 22.1 Å². The molecule has 0 unspecified atom stereocenters. The van der Waals surface area contributed by atoms with Crippen molar-refractivity contribution >= 4 is 23.2 Å². The fraction of sp³-hybridized carbons (Fsp3) is 0.500. The molecule has 0 spiro atoms. The number of ether oxygens (including phenoxy) is 1. The lowest BCUT2D eigenvalue weighted by Gasteiger charge is -2.15. The summed E-state index contributed by atoms with van der Waals surface area (Å²) < 4.78 is 5.17. The summed E-state index contributed by atoms with van der Waals surface area (Å²) in [5.41, 5.74) is 6.51. The van der Waals surface area contributed by atoms with Crippen LogP contribution in [0.25, 0.3) is 0 Å². The van der Waals surface area contributed by atoms with E-state index in [-0.39, 0.29) is 5.91 Å². The highest BCUT2D eigenvalue weighted by molar-refractivity contribution is 6.33. The standard InChI is InChI=1S/C14H20ClN3O2/c1-20-13-9-12(16)11(15)8-10(13)14(19)17-4-7-18-5-2-3-6-18/h8-9H,2-7,16H2,1H3,(H,17,19).